The summed E-state index contributed by atoms with van der Waals surface area (Å²) in [5, 5.41) is 2.85. The zero-order valence-corrected chi connectivity index (χ0v) is 11.4. The van der Waals surface area contributed by atoms with Crippen molar-refractivity contribution in [2.45, 2.75) is 20.0 Å². The van der Waals surface area contributed by atoms with E-state index in [1.54, 1.807) is 29.1 Å². The molecular weight excluding hydrogens is 252 g/mol. The van der Waals surface area contributed by atoms with E-state index in [1.807, 2.05) is 30.3 Å². The smallest absolute Gasteiger partial charge is 0.286 e. The topological polar surface area (TPSA) is 50.0 Å². The van der Waals surface area contributed by atoms with Crippen LogP contribution in [0.25, 0.3) is 0 Å². The number of amides is 1. The number of hydrogen-bond acceptors (Lipinski definition) is 2. The fourth-order valence-electron chi connectivity index (χ4n) is 1.85. The molecule has 20 heavy (non-hydrogen) atoms. The fraction of sp³-hybridized carbons (Fsp3) is 0.188. The van der Waals surface area contributed by atoms with Crippen LogP contribution in [-0.2, 0) is 17.9 Å². The van der Waals surface area contributed by atoms with Crippen molar-refractivity contribution in [2.24, 2.45) is 0 Å². The van der Waals surface area contributed by atoms with Crippen LogP contribution in [0, 0.1) is 0 Å². The van der Waals surface area contributed by atoms with Gasteiger partial charge in [-0.1, -0.05) is 30.3 Å². The molecule has 0 unspecified atom stereocenters. The first kappa shape index (κ1) is 13.9. The highest BCUT2D eigenvalue weighted by Crippen LogP contribution is 1.97. The first-order valence-electron chi connectivity index (χ1n) is 6.46. The molecule has 0 spiro atoms. The summed E-state index contributed by atoms with van der Waals surface area (Å²) in [4.78, 5) is 23.1. The summed E-state index contributed by atoms with van der Waals surface area (Å²) in [7, 11) is 0. The van der Waals surface area contributed by atoms with Crippen molar-refractivity contribution in [1.29, 1.82) is 0 Å². The van der Waals surface area contributed by atoms with Crippen LogP contribution in [0.5, 0.6) is 0 Å². The second-order valence-electron chi connectivity index (χ2n) is 4.58. The van der Waals surface area contributed by atoms with Gasteiger partial charge in [0.15, 0.2) is 18.2 Å². The van der Waals surface area contributed by atoms with Crippen LogP contribution >= 0.6 is 0 Å². The lowest BCUT2D eigenvalue weighted by molar-refractivity contribution is -0.684. The van der Waals surface area contributed by atoms with E-state index in [0.29, 0.717) is 12.1 Å². The molecular formula is C16H17N2O2+. The summed E-state index contributed by atoms with van der Waals surface area (Å²) in [6.45, 7) is 2.22. The minimum atomic E-state index is -0.0837. The second-order valence-corrected chi connectivity index (χ2v) is 4.58. The highest BCUT2D eigenvalue weighted by molar-refractivity contribution is 5.93. The number of nitrogens with zero attached hydrogens (tertiary/aromatic N) is 1. The van der Waals surface area contributed by atoms with Gasteiger partial charge in [0.1, 0.15) is 0 Å². The van der Waals surface area contributed by atoms with Crippen molar-refractivity contribution in [2.75, 3.05) is 0 Å². The molecule has 0 saturated heterocycles. The quantitative estimate of drug-likeness (QED) is 0.660. The third kappa shape index (κ3) is 4.02. The standard InChI is InChI=1S/C16H16N2O2/c1-13(19)15-8-5-9-18(11-15)12-16(20)17-10-14-6-3-2-4-7-14/h2-9,11H,10,12H2,1H3/p+1. The highest BCUT2D eigenvalue weighted by Gasteiger charge is 2.11. The molecule has 2 aromatic rings. The van der Waals surface area contributed by atoms with Gasteiger partial charge in [0.2, 0.25) is 6.54 Å². The molecule has 0 bridgehead atoms. The molecule has 0 fully saturated rings. The van der Waals surface area contributed by atoms with Gasteiger partial charge < -0.3 is 5.32 Å². The Hall–Kier alpha value is -2.49. The minimum absolute atomic E-state index is 0.0101. The number of rotatable bonds is 5. The zero-order chi connectivity index (χ0) is 14.4. The van der Waals surface area contributed by atoms with E-state index in [2.05, 4.69) is 5.32 Å². The lowest BCUT2D eigenvalue weighted by Crippen LogP contribution is -2.42. The average molecular weight is 269 g/mol. The molecule has 1 heterocycles. The van der Waals surface area contributed by atoms with E-state index in [-0.39, 0.29) is 18.2 Å². The van der Waals surface area contributed by atoms with E-state index in [4.69, 9.17) is 0 Å². The predicted octanol–water partition coefficient (Wildman–Crippen LogP) is 1.49. The second kappa shape index (κ2) is 6.61. The van der Waals surface area contributed by atoms with Crippen LogP contribution in [-0.4, -0.2) is 11.7 Å². The Balaban J connectivity index is 1.91. The first-order valence-corrected chi connectivity index (χ1v) is 6.46. The maximum Gasteiger partial charge on any atom is 0.286 e. The van der Waals surface area contributed by atoms with Crippen LogP contribution in [0.1, 0.15) is 22.8 Å². The van der Waals surface area contributed by atoms with Crippen molar-refractivity contribution in [1.82, 2.24) is 5.32 Å². The summed E-state index contributed by atoms with van der Waals surface area (Å²) in [5.41, 5.74) is 1.66. The summed E-state index contributed by atoms with van der Waals surface area (Å²) < 4.78 is 1.71. The van der Waals surface area contributed by atoms with Crippen molar-refractivity contribution >= 4 is 11.7 Å². The number of carbonyl (C=O) groups excluding carboxylic acids is 2. The van der Waals surface area contributed by atoms with E-state index < -0.39 is 0 Å². The number of nitrogens with one attached hydrogen (secondary N) is 1. The molecule has 0 saturated carbocycles. The number of pyridine rings is 1. The molecule has 4 nitrogen and oxygen atoms in total. The summed E-state index contributed by atoms with van der Waals surface area (Å²) in [5.74, 6) is -0.0939. The minimum Gasteiger partial charge on any atom is -0.347 e. The Morgan fingerprint density at radius 2 is 1.85 bits per heavy atom. The van der Waals surface area contributed by atoms with E-state index >= 15 is 0 Å². The summed E-state index contributed by atoms with van der Waals surface area (Å²) in [6.07, 6.45) is 3.46. The third-order valence-corrected chi connectivity index (χ3v) is 2.92. The molecule has 1 aromatic carbocycles. The van der Waals surface area contributed by atoms with Gasteiger partial charge in [-0.2, -0.15) is 4.57 Å². The van der Waals surface area contributed by atoms with Crippen molar-refractivity contribution in [3.8, 4) is 0 Å². The van der Waals surface area contributed by atoms with Crippen LogP contribution in [0.4, 0.5) is 0 Å². The molecule has 1 N–H and O–H groups in total. The van der Waals surface area contributed by atoms with Crippen LogP contribution in [0.15, 0.2) is 54.9 Å². The molecule has 4 heteroatoms. The number of Topliss-reactive ketones (excluding diaryl/α,β-unsaturated/α-hetero) is 1. The largest absolute Gasteiger partial charge is 0.347 e. The SMILES string of the molecule is CC(=O)c1ccc[n+](CC(=O)NCc2ccccc2)c1. The molecule has 1 amide bonds. The van der Waals surface area contributed by atoms with Crippen LogP contribution < -0.4 is 9.88 Å². The maximum absolute atomic E-state index is 11.9. The number of benzene rings is 1. The Morgan fingerprint density at radius 1 is 1.10 bits per heavy atom. The van der Waals surface area contributed by atoms with Gasteiger partial charge in [-0.3, -0.25) is 9.59 Å². The Labute approximate surface area is 118 Å². The van der Waals surface area contributed by atoms with Gasteiger partial charge in [-0.15, -0.1) is 0 Å². The maximum atomic E-state index is 11.9. The Bertz CT molecular complexity index is 609. The molecule has 0 aliphatic carbocycles. The molecule has 102 valence electrons. The molecule has 0 atom stereocenters. The third-order valence-electron chi connectivity index (χ3n) is 2.92. The van der Waals surface area contributed by atoms with Crippen molar-refractivity contribution in [3.05, 3.63) is 66.0 Å². The summed E-state index contributed by atoms with van der Waals surface area (Å²) >= 11 is 0. The van der Waals surface area contributed by atoms with E-state index in [9.17, 15) is 9.59 Å². The molecule has 2 rings (SSSR count). The number of ketones is 1. The Kier molecular flexibility index (Phi) is 4.60. The van der Waals surface area contributed by atoms with Crippen LogP contribution in [0.3, 0.4) is 0 Å². The first-order chi connectivity index (χ1) is 9.65. The fourth-order valence-corrected chi connectivity index (χ4v) is 1.85. The molecule has 0 radical (unpaired) electrons. The van der Waals surface area contributed by atoms with E-state index in [1.165, 1.54) is 6.92 Å². The summed E-state index contributed by atoms with van der Waals surface area (Å²) in [6, 6.07) is 13.2. The highest BCUT2D eigenvalue weighted by atomic mass is 16.2. The Morgan fingerprint density at radius 3 is 2.55 bits per heavy atom. The molecule has 1 aromatic heterocycles. The lowest BCUT2D eigenvalue weighted by atomic mass is 10.2. The van der Waals surface area contributed by atoms with Crippen molar-refractivity contribution in [3.63, 3.8) is 0 Å². The van der Waals surface area contributed by atoms with Gasteiger partial charge in [0, 0.05) is 12.6 Å². The predicted molar refractivity (Wildman–Crippen MR) is 74.9 cm³/mol. The number of aromatic nitrogens is 1. The van der Waals surface area contributed by atoms with Crippen LogP contribution in [0.2, 0.25) is 0 Å². The van der Waals surface area contributed by atoms with Gasteiger partial charge in [-0.25, -0.2) is 0 Å². The molecule has 0 aliphatic heterocycles. The zero-order valence-electron chi connectivity index (χ0n) is 11.4. The number of carbonyl (C=O) groups is 2. The van der Waals surface area contributed by atoms with Crippen molar-refractivity contribution < 1.29 is 14.2 Å². The number of hydrogen-bond donors (Lipinski definition) is 1. The van der Waals surface area contributed by atoms with Gasteiger partial charge in [0.25, 0.3) is 5.91 Å². The molecule has 0 aliphatic rings. The van der Waals surface area contributed by atoms with Gasteiger partial charge in [0.05, 0.1) is 5.56 Å². The van der Waals surface area contributed by atoms with Gasteiger partial charge in [-0.05, 0) is 18.6 Å². The normalized spacial score (nSPS) is 10.1. The lowest BCUT2D eigenvalue weighted by Gasteiger charge is -2.03. The monoisotopic (exact) mass is 269 g/mol. The average Bonchev–Trinajstić information content (AvgIpc) is 2.46. The van der Waals surface area contributed by atoms with Gasteiger partial charge >= 0.3 is 0 Å². The van der Waals surface area contributed by atoms with E-state index in [0.717, 1.165) is 5.56 Å².